The first-order valence-corrected chi connectivity index (χ1v) is 25.4. The van der Waals surface area contributed by atoms with Crippen LogP contribution in [0.4, 0.5) is 0 Å². The van der Waals surface area contributed by atoms with Crippen molar-refractivity contribution < 1.29 is 37.6 Å². The number of nitrogens with one attached hydrogen (secondary N) is 1. The summed E-state index contributed by atoms with van der Waals surface area (Å²) < 4.78 is 33.3. The number of hydrogen-bond donors (Lipinski definition) is 2. The molecule has 0 aliphatic heterocycles. The predicted molar refractivity (Wildman–Crippen MR) is 243 cm³/mol. The van der Waals surface area contributed by atoms with E-state index in [4.69, 9.17) is 18.5 Å². The molecule has 0 radical (unpaired) electrons. The molecular weight excluding hydrogens is 750 g/mol. The smallest absolute Gasteiger partial charge is 0.462 e. The molecule has 0 saturated heterocycles. The third kappa shape index (κ3) is 43.8. The van der Waals surface area contributed by atoms with E-state index in [0.29, 0.717) is 13.0 Å². The van der Waals surface area contributed by atoms with Gasteiger partial charge in [-0.3, -0.25) is 18.6 Å². The minimum atomic E-state index is -4.35. The van der Waals surface area contributed by atoms with Crippen LogP contribution in [0, 0.1) is 0 Å². The molecule has 2 N–H and O–H groups in total. The van der Waals surface area contributed by atoms with Crippen molar-refractivity contribution in [3.63, 3.8) is 0 Å². The molecule has 0 saturated carbocycles. The lowest BCUT2D eigenvalue weighted by molar-refractivity contribution is -0.161. The summed E-state index contributed by atoms with van der Waals surface area (Å²) in [6.07, 6.45) is 49.1. The molecule has 0 aromatic heterocycles. The molecule has 0 bridgehead atoms. The highest BCUT2D eigenvalue weighted by Gasteiger charge is 2.26. The van der Waals surface area contributed by atoms with Gasteiger partial charge in [-0.25, -0.2) is 4.57 Å². The van der Waals surface area contributed by atoms with Crippen LogP contribution in [0.15, 0.2) is 36.5 Å². The molecule has 58 heavy (non-hydrogen) atoms. The predicted octanol–water partition coefficient (Wildman–Crippen LogP) is 14.0. The van der Waals surface area contributed by atoms with Gasteiger partial charge in [0, 0.05) is 19.4 Å². The number of phosphoric ester groups is 1. The van der Waals surface area contributed by atoms with Gasteiger partial charge < -0.3 is 19.7 Å². The summed E-state index contributed by atoms with van der Waals surface area (Å²) in [5.74, 6) is -0.818. The maximum absolute atomic E-state index is 12.6. The maximum atomic E-state index is 12.6. The molecule has 0 aliphatic carbocycles. The lowest BCUT2D eigenvalue weighted by Crippen LogP contribution is -2.29. The molecule has 0 fully saturated rings. The minimum absolute atomic E-state index is 0.0198. The van der Waals surface area contributed by atoms with Gasteiger partial charge in [0.15, 0.2) is 6.10 Å². The summed E-state index contributed by atoms with van der Waals surface area (Å²) in [5, 5.41) is 2.83. The monoisotopic (exact) mass is 840 g/mol. The van der Waals surface area contributed by atoms with E-state index in [0.717, 1.165) is 70.6 Å². The largest absolute Gasteiger partial charge is 0.472 e. The highest BCUT2D eigenvalue weighted by Crippen LogP contribution is 2.43. The van der Waals surface area contributed by atoms with Crippen LogP contribution in [0.3, 0.4) is 0 Å². The van der Waals surface area contributed by atoms with Gasteiger partial charge in [-0.15, -0.1) is 0 Å². The van der Waals surface area contributed by atoms with E-state index in [1.54, 1.807) is 7.05 Å². The maximum Gasteiger partial charge on any atom is 0.472 e. The number of rotatable bonds is 45. The Hall–Kier alpha value is -1.77. The van der Waals surface area contributed by atoms with Crippen molar-refractivity contribution in [3.05, 3.63) is 36.5 Å². The minimum Gasteiger partial charge on any atom is -0.462 e. The van der Waals surface area contributed by atoms with Crippen LogP contribution >= 0.6 is 7.82 Å². The van der Waals surface area contributed by atoms with Gasteiger partial charge in [0.25, 0.3) is 0 Å². The van der Waals surface area contributed by atoms with Crippen molar-refractivity contribution in [2.24, 2.45) is 0 Å². The normalized spacial score (nSPS) is 13.5. The Labute approximate surface area is 356 Å². The Morgan fingerprint density at radius 1 is 0.552 bits per heavy atom. The number of allylic oxidation sites excluding steroid dienone is 6. The number of ether oxygens (including phenoxy) is 2. The SMILES string of the molecule is CC/C=C\C/C=C\C/C=C\CCCCCCCC(=O)OC(COC(=O)CCCCCCCCCCCCCCCCCCCCCCC)COP(=O)(O)OCCNC. The van der Waals surface area contributed by atoms with E-state index in [1.165, 1.54) is 116 Å². The Morgan fingerprint density at radius 2 is 0.983 bits per heavy atom. The first kappa shape index (κ1) is 56.2. The fourth-order valence-corrected chi connectivity index (χ4v) is 7.44. The number of likely N-dealkylation sites (N-methyl/N-ethyl adjacent to an activating group) is 1. The number of unbranched alkanes of at least 4 members (excludes halogenated alkanes) is 25. The molecule has 10 heteroatoms. The molecule has 0 aromatic rings. The average molecular weight is 840 g/mol. The van der Waals surface area contributed by atoms with Crippen LogP contribution in [-0.4, -0.2) is 56.3 Å². The van der Waals surface area contributed by atoms with Gasteiger partial charge in [-0.05, 0) is 52.0 Å². The van der Waals surface area contributed by atoms with Crippen molar-refractivity contribution in [1.29, 1.82) is 0 Å². The molecule has 0 spiro atoms. The van der Waals surface area contributed by atoms with Gasteiger partial charge >= 0.3 is 19.8 Å². The Kier molecular flexibility index (Phi) is 43.4. The number of carbonyl (C=O) groups is 2. The van der Waals surface area contributed by atoms with Crippen LogP contribution in [0.25, 0.3) is 0 Å². The van der Waals surface area contributed by atoms with Gasteiger partial charge in [-0.1, -0.05) is 198 Å². The third-order valence-electron chi connectivity index (χ3n) is 10.3. The number of hydrogen-bond acceptors (Lipinski definition) is 8. The van der Waals surface area contributed by atoms with Crippen LogP contribution in [0.2, 0.25) is 0 Å². The molecule has 2 unspecified atom stereocenters. The lowest BCUT2D eigenvalue weighted by atomic mass is 10.0. The topological polar surface area (TPSA) is 120 Å². The van der Waals surface area contributed by atoms with E-state index in [1.807, 2.05) is 0 Å². The van der Waals surface area contributed by atoms with Crippen molar-refractivity contribution >= 4 is 19.8 Å². The molecule has 0 heterocycles. The average Bonchev–Trinajstić information content (AvgIpc) is 3.21. The van der Waals surface area contributed by atoms with E-state index in [2.05, 4.69) is 55.6 Å². The van der Waals surface area contributed by atoms with Crippen LogP contribution in [0.5, 0.6) is 0 Å². The molecule has 0 amide bonds. The molecule has 0 aliphatic rings. The first-order valence-electron chi connectivity index (χ1n) is 23.9. The highest BCUT2D eigenvalue weighted by atomic mass is 31.2. The second kappa shape index (κ2) is 44.8. The van der Waals surface area contributed by atoms with E-state index in [-0.39, 0.29) is 32.0 Å². The van der Waals surface area contributed by atoms with E-state index >= 15 is 0 Å². The van der Waals surface area contributed by atoms with Crippen LogP contribution in [0.1, 0.15) is 219 Å². The zero-order chi connectivity index (χ0) is 42.5. The molecule has 0 rings (SSSR count). The second-order valence-electron chi connectivity index (χ2n) is 15.9. The summed E-state index contributed by atoms with van der Waals surface area (Å²) in [6, 6.07) is 0. The zero-order valence-electron chi connectivity index (χ0n) is 37.7. The summed E-state index contributed by atoms with van der Waals surface area (Å²) in [4.78, 5) is 35.1. The van der Waals surface area contributed by atoms with Crippen molar-refractivity contribution in [2.75, 3.05) is 33.4 Å². The highest BCUT2D eigenvalue weighted by molar-refractivity contribution is 7.47. The molecule has 340 valence electrons. The van der Waals surface area contributed by atoms with Crippen molar-refractivity contribution in [2.45, 2.75) is 225 Å². The number of esters is 2. The van der Waals surface area contributed by atoms with Crippen LogP contribution in [-0.2, 0) is 32.7 Å². The number of phosphoric acid groups is 1. The molecule has 2 atom stereocenters. The van der Waals surface area contributed by atoms with Crippen LogP contribution < -0.4 is 5.32 Å². The van der Waals surface area contributed by atoms with Gasteiger partial charge in [0.1, 0.15) is 6.61 Å². The molecule has 9 nitrogen and oxygen atoms in total. The Morgan fingerprint density at radius 3 is 1.47 bits per heavy atom. The standard InChI is InChI=1S/C48H90NO8P/c1-4-6-8-10-12-14-16-18-20-21-22-23-24-25-27-28-30-32-34-36-38-40-47(50)54-44-46(45-56-58(52,53)55-43-42-49-3)57-48(51)41-39-37-35-33-31-29-26-19-17-15-13-11-9-7-5-2/h7,9,13,15,19,26,46,49H,4-6,8,10-12,14,16-18,20-25,27-45H2,1-3H3,(H,52,53)/b9-7-,15-13-,26-19-. The van der Waals surface area contributed by atoms with E-state index < -0.39 is 26.5 Å². The van der Waals surface area contributed by atoms with Gasteiger partial charge in [-0.2, -0.15) is 0 Å². The summed E-state index contributed by atoms with van der Waals surface area (Å²) >= 11 is 0. The van der Waals surface area contributed by atoms with Crippen molar-refractivity contribution in [3.8, 4) is 0 Å². The molecular formula is C48H90NO8P. The first-order chi connectivity index (χ1) is 28.3. The Balaban J connectivity index is 4.11. The third-order valence-corrected chi connectivity index (χ3v) is 11.3. The fraction of sp³-hybridized carbons (Fsp3) is 0.833. The lowest BCUT2D eigenvalue weighted by Gasteiger charge is -2.20. The van der Waals surface area contributed by atoms with E-state index in [9.17, 15) is 19.0 Å². The quantitative estimate of drug-likeness (QED) is 0.0267. The van der Waals surface area contributed by atoms with Gasteiger partial charge in [0.05, 0.1) is 13.2 Å². The van der Waals surface area contributed by atoms with Crippen molar-refractivity contribution in [1.82, 2.24) is 5.32 Å². The van der Waals surface area contributed by atoms with Gasteiger partial charge in [0.2, 0.25) is 0 Å². The molecule has 0 aromatic carbocycles. The summed E-state index contributed by atoms with van der Waals surface area (Å²) in [7, 11) is -2.65. The zero-order valence-corrected chi connectivity index (χ0v) is 38.6. The summed E-state index contributed by atoms with van der Waals surface area (Å²) in [6.45, 7) is 4.12. The Bertz CT molecular complexity index is 1050. The number of carbonyl (C=O) groups excluding carboxylic acids is 2. The fourth-order valence-electron chi connectivity index (χ4n) is 6.69. The second-order valence-corrected chi connectivity index (χ2v) is 17.4. The summed E-state index contributed by atoms with van der Waals surface area (Å²) in [5.41, 5.74) is 0.